The van der Waals surface area contributed by atoms with Crippen LogP contribution < -0.4 is 11.1 Å². The molecule has 1 amide bonds. The topological polar surface area (TPSA) is 83.8 Å². The van der Waals surface area contributed by atoms with Gasteiger partial charge in [-0.3, -0.25) is 10.1 Å². The third kappa shape index (κ3) is 2.09. The highest BCUT2D eigenvalue weighted by molar-refractivity contribution is 6.08. The van der Waals surface area contributed by atoms with Gasteiger partial charge in [0.15, 0.2) is 0 Å². The fraction of sp³-hybridized carbons (Fsp3) is 0.0667. The van der Waals surface area contributed by atoms with Gasteiger partial charge in [-0.05, 0) is 30.7 Å². The van der Waals surface area contributed by atoms with Gasteiger partial charge in [-0.15, -0.1) is 0 Å². The number of H-pyrrole nitrogens is 1. The average molecular weight is 266 g/mol. The summed E-state index contributed by atoms with van der Waals surface area (Å²) in [7, 11) is 0. The van der Waals surface area contributed by atoms with Crippen molar-refractivity contribution in [2.75, 3.05) is 11.1 Å². The van der Waals surface area contributed by atoms with E-state index >= 15 is 0 Å². The Bertz CT molecular complexity index is 738. The van der Waals surface area contributed by atoms with Crippen molar-refractivity contribution in [1.82, 2.24) is 9.97 Å². The summed E-state index contributed by atoms with van der Waals surface area (Å²) in [6, 6.07) is 13.0. The number of aryl methyl sites for hydroxylation is 1. The molecular formula is C15H14N4O. The lowest BCUT2D eigenvalue weighted by molar-refractivity contribution is 0.102. The van der Waals surface area contributed by atoms with Crippen LogP contribution in [0.5, 0.6) is 0 Å². The second-order valence-corrected chi connectivity index (χ2v) is 4.60. The minimum absolute atomic E-state index is 0.264. The van der Waals surface area contributed by atoms with Crippen molar-refractivity contribution >= 4 is 28.6 Å². The van der Waals surface area contributed by atoms with E-state index in [0.29, 0.717) is 17.2 Å². The van der Waals surface area contributed by atoms with Crippen molar-refractivity contribution in [3.63, 3.8) is 0 Å². The third-order valence-corrected chi connectivity index (χ3v) is 3.15. The maximum absolute atomic E-state index is 12.3. The Morgan fingerprint density at radius 1 is 1.20 bits per heavy atom. The van der Waals surface area contributed by atoms with Crippen LogP contribution in [0.15, 0.2) is 42.5 Å². The summed E-state index contributed by atoms with van der Waals surface area (Å²) in [5.41, 5.74) is 9.31. The minimum Gasteiger partial charge on any atom is -0.398 e. The SMILES string of the molecule is Cc1cccc(N)c1C(=O)Nc1nc2ccccc2[nH]1. The molecule has 5 heteroatoms. The van der Waals surface area contributed by atoms with Crippen LogP contribution in [-0.2, 0) is 0 Å². The maximum atomic E-state index is 12.3. The number of nitrogens with two attached hydrogens (primary N) is 1. The van der Waals surface area contributed by atoms with Gasteiger partial charge in [0.25, 0.3) is 5.91 Å². The molecule has 0 radical (unpaired) electrons. The number of rotatable bonds is 2. The van der Waals surface area contributed by atoms with E-state index in [1.54, 1.807) is 6.07 Å². The predicted molar refractivity (Wildman–Crippen MR) is 79.6 cm³/mol. The molecule has 0 aliphatic rings. The molecule has 1 aromatic heterocycles. The zero-order valence-corrected chi connectivity index (χ0v) is 11.0. The number of anilines is 2. The van der Waals surface area contributed by atoms with E-state index in [9.17, 15) is 4.79 Å². The van der Waals surface area contributed by atoms with Crippen LogP contribution in [-0.4, -0.2) is 15.9 Å². The minimum atomic E-state index is -0.264. The molecule has 5 nitrogen and oxygen atoms in total. The average Bonchev–Trinajstić information content (AvgIpc) is 2.80. The van der Waals surface area contributed by atoms with Gasteiger partial charge in [0.1, 0.15) is 0 Å². The number of carbonyl (C=O) groups is 1. The normalized spacial score (nSPS) is 10.7. The van der Waals surface area contributed by atoms with Gasteiger partial charge < -0.3 is 10.7 Å². The molecule has 0 spiro atoms. The predicted octanol–water partition coefficient (Wildman–Crippen LogP) is 2.71. The zero-order valence-electron chi connectivity index (χ0n) is 11.0. The van der Waals surface area contributed by atoms with Crippen LogP contribution in [0.3, 0.4) is 0 Å². The molecule has 1 heterocycles. The number of amides is 1. The fourth-order valence-electron chi connectivity index (χ4n) is 2.18. The zero-order chi connectivity index (χ0) is 14.1. The first-order chi connectivity index (χ1) is 9.65. The highest BCUT2D eigenvalue weighted by Gasteiger charge is 2.14. The van der Waals surface area contributed by atoms with Crippen molar-refractivity contribution in [2.24, 2.45) is 0 Å². The summed E-state index contributed by atoms with van der Waals surface area (Å²) in [6.07, 6.45) is 0. The van der Waals surface area contributed by atoms with Crippen molar-refractivity contribution in [3.05, 3.63) is 53.6 Å². The number of para-hydroxylation sites is 2. The number of carbonyl (C=O) groups excluding carboxylic acids is 1. The number of aromatic nitrogens is 2. The van der Waals surface area contributed by atoms with Crippen LogP contribution in [0.4, 0.5) is 11.6 Å². The van der Waals surface area contributed by atoms with E-state index in [4.69, 9.17) is 5.73 Å². The summed E-state index contributed by atoms with van der Waals surface area (Å²) < 4.78 is 0. The Morgan fingerprint density at radius 2 is 2.00 bits per heavy atom. The summed E-state index contributed by atoms with van der Waals surface area (Å²) in [4.78, 5) is 19.6. The number of hydrogen-bond acceptors (Lipinski definition) is 3. The van der Waals surface area contributed by atoms with Crippen molar-refractivity contribution in [1.29, 1.82) is 0 Å². The molecule has 0 unspecified atom stereocenters. The quantitative estimate of drug-likeness (QED) is 0.623. The number of aromatic amines is 1. The molecule has 20 heavy (non-hydrogen) atoms. The molecule has 2 aromatic carbocycles. The Kier molecular flexibility index (Phi) is 2.87. The van der Waals surface area contributed by atoms with Crippen molar-refractivity contribution < 1.29 is 4.79 Å². The van der Waals surface area contributed by atoms with Gasteiger partial charge in [0.05, 0.1) is 16.6 Å². The van der Waals surface area contributed by atoms with Crippen LogP contribution in [0, 0.1) is 6.92 Å². The van der Waals surface area contributed by atoms with Gasteiger partial charge in [-0.1, -0.05) is 24.3 Å². The molecule has 0 fully saturated rings. The molecule has 3 aromatic rings. The number of nitrogen functional groups attached to an aromatic ring is 1. The molecular weight excluding hydrogens is 252 g/mol. The number of hydrogen-bond donors (Lipinski definition) is 3. The molecule has 0 saturated carbocycles. The maximum Gasteiger partial charge on any atom is 0.260 e. The summed E-state index contributed by atoms with van der Waals surface area (Å²) >= 11 is 0. The number of fused-ring (bicyclic) bond motifs is 1. The molecule has 0 bridgehead atoms. The lowest BCUT2D eigenvalue weighted by atomic mass is 10.1. The Hall–Kier alpha value is -2.82. The van der Waals surface area contributed by atoms with Gasteiger partial charge in [0, 0.05) is 5.69 Å². The molecule has 0 saturated heterocycles. The Morgan fingerprint density at radius 3 is 2.75 bits per heavy atom. The smallest absolute Gasteiger partial charge is 0.260 e. The standard InChI is InChI=1S/C15H14N4O/c1-9-5-4-6-10(16)13(9)14(20)19-15-17-11-7-2-3-8-12(11)18-15/h2-8H,16H2,1H3,(H2,17,18,19,20). The van der Waals surface area contributed by atoms with E-state index in [1.807, 2.05) is 43.3 Å². The first-order valence-corrected chi connectivity index (χ1v) is 6.26. The fourth-order valence-corrected chi connectivity index (χ4v) is 2.18. The number of benzene rings is 2. The number of nitrogens with zero attached hydrogens (tertiary/aromatic N) is 1. The lowest BCUT2D eigenvalue weighted by Gasteiger charge is -2.08. The first kappa shape index (κ1) is 12.2. The first-order valence-electron chi connectivity index (χ1n) is 6.26. The van der Waals surface area contributed by atoms with E-state index in [2.05, 4.69) is 15.3 Å². The molecule has 100 valence electrons. The van der Waals surface area contributed by atoms with Crippen LogP contribution in [0.1, 0.15) is 15.9 Å². The van der Waals surface area contributed by atoms with E-state index in [-0.39, 0.29) is 5.91 Å². The second-order valence-electron chi connectivity index (χ2n) is 4.60. The highest BCUT2D eigenvalue weighted by Crippen LogP contribution is 2.19. The number of nitrogens with one attached hydrogen (secondary N) is 2. The lowest BCUT2D eigenvalue weighted by Crippen LogP contribution is -2.16. The van der Waals surface area contributed by atoms with Crippen LogP contribution >= 0.6 is 0 Å². The highest BCUT2D eigenvalue weighted by atomic mass is 16.1. The largest absolute Gasteiger partial charge is 0.398 e. The van der Waals surface area contributed by atoms with Gasteiger partial charge in [-0.25, -0.2) is 4.98 Å². The molecule has 0 aliphatic carbocycles. The van der Waals surface area contributed by atoms with Crippen LogP contribution in [0.25, 0.3) is 11.0 Å². The summed E-state index contributed by atoms with van der Waals surface area (Å²) in [6.45, 7) is 1.85. The molecule has 4 N–H and O–H groups in total. The van der Waals surface area contributed by atoms with Crippen molar-refractivity contribution in [3.8, 4) is 0 Å². The van der Waals surface area contributed by atoms with Gasteiger partial charge in [-0.2, -0.15) is 0 Å². The van der Waals surface area contributed by atoms with Crippen LogP contribution in [0.2, 0.25) is 0 Å². The molecule has 0 aliphatic heterocycles. The van der Waals surface area contributed by atoms with Gasteiger partial charge >= 0.3 is 0 Å². The monoisotopic (exact) mass is 266 g/mol. The third-order valence-electron chi connectivity index (χ3n) is 3.15. The molecule has 3 rings (SSSR count). The van der Waals surface area contributed by atoms with E-state index in [1.165, 1.54) is 0 Å². The number of imidazole rings is 1. The van der Waals surface area contributed by atoms with E-state index < -0.39 is 0 Å². The Balaban J connectivity index is 1.92. The summed E-state index contributed by atoms with van der Waals surface area (Å²) in [5, 5.41) is 2.74. The second kappa shape index (κ2) is 4.70. The Labute approximate surface area is 115 Å². The van der Waals surface area contributed by atoms with Gasteiger partial charge in [0.2, 0.25) is 5.95 Å². The van der Waals surface area contributed by atoms with E-state index in [0.717, 1.165) is 16.6 Å². The van der Waals surface area contributed by atoms with Crippen molar-refractivity contribution in [2.45, 2.75) is 6.92 Å². The molecule has 0 atom stereocenters. The summed E-state index contributed by atoms with van der Waals surface area (Å²) in [5.74, 6) is 0.151.